The monoisotopic (exact) mass is 243 g/mol. The van der Waals surface area contributed by atoms with Gasteiger partial charge < -0.3 is 27.0 Å². The second-order valence-electron chi connectivity index (χ2n) is 3.53. The second-order valence-corrected chi connectivity index (χ2v) is 3.53. The Bertz CT molecular complexity index is 198. The first kappa shape index (κ1) is 16.1. The molecule has 0 heterocycles. The van der Waals surface area contributed by atoms with Crippen molar-refractivity contribution in [2.24, 2.45) is 5.73 Å². The third-order valence-corrected chi connectivity index (χ3v) is 2.06. The van der Waals surface area contributed by atoms with Crippen molar-refractivity contribution in [2.75, 3.05) is 52.4 Å². The first-order valence-corrected chi connectivity index (χ1v) is 6.03. The van der Waals surface area contributed by atoms with E-state index in [0.29, 0.717) is 13.1 Å². The molecule has 0 rings (SSSR count). The summed E-state index contributed by atoms with van der Waals surface area (Å²) < 4.78 is 0. The molecular weight excluding hydrogens is 218 g/mol. The highest BCUT2D eigenvalue weighted by atomic mass is 16.1. The highest BCUT2D eigenvalue weighted by molar-refractivity contribution is 5.86. The fourth-order valence-electron chi connectivity index (χ4n) is 1.18. The number of nitrogens with two attached hydrogens (primary N) is 1. The van der Waals surface area contributed by atoms with Crippen molar-refractivity contribution in [1.29, 1.82) is 0 Å². The molecule has 0 aromatic heterocycles. The van der Waals surface area contributed by atoms with Crippen LogP contribution >= 0.6 is 0 Å². The number of amides is 1. The van der Waals surface area contributed by atoms with E-state index in [9.17, 15) is 4.79 Å². The third-order valence-electron chi connectivity index (χ3n) is 2.06. The molecule has 0 fully saturated rings. The van der Waals surface area contributed by atoms with Gasteiger partial charge in [-0.05, 0) is 6.08 Å². The molecule has 1 amide bonds. The van der Waals surface area contributed by atoms with Crippen LogP contribution in [0.2, 0.25) is 0 Å². The summed E-state index contributed by atoms with van der Waals surface area (Å²) in [5, 5.41) is 12.4. The number of carbonyl (C=O) groups excluding carboxylic acids is 1. The van der Waals surface area contributed by atoms with Crippen LogP contribution in [0, 0.1) is 0 Å². The number of rotatable bonds is 12. The Morgan fingerprint density at radius 1 is 0.941 bits per heavy atom. The Morgan fingerprint density at radius 3 is 1.88 bits per heavy atom. The molecule has 0 bridgehead atoms. The van der Waals surface area contributed by atoms with E-state index in [-0.39, 0.29) is 5.91 Å². The molecule has 0 aliphatic carbocycles. The second kappa shape index (κ2) is 13.1. The molecule has 0 unspecified atom stereocenters. The smallest absolute Gasteiger partial charge is 0.243 e. The Hall–Kier alpha value is -0.950. The molecule has 6 N–H and O–H groups in total. The van der Waals surface area contributed by atoms with E-state index < -0.39 is 0 Å². The number of hydrogen-bond acceptors (Lipinski definition) is 5. The van der Waals surface area contributed by atoms with Crippen molar-refractivity contribution in [1.82, 2.24) is 21.3 Å². The predicted molar refractivity (Wildman–Crippen MR) is 70.9 cm³/mol. The van der Waals surface area contributed by atoms with E-state index in [1.165, 1.54) is 6.08 Å². The molecule has 0 saturated heterocycles. The molecule has 0 aliphatic heterocycles. The molecule has 100 valence electrons. The van der Waals surface area contributed by atoms with E-state index in [4.69, 9.17) is 5.73 Å². The molecule has 0 atom stereocenters. The molecule has 0 aromatic carbocycles. The first-order valence-electron chi connectivity index (χ1n) is 6.03. The van der Waals surface area contributed by atoms with E-state index in [1.54, 1.807) is 0 Å². The summed E-state index contributed by atoms with van der Waals surface area (Å²) in [4.78, 5) is 10.8. The van der Waals surface area contributed by atoms with E-state index in [1.807, 2.05) is 0 Å². The fourth-order valence-corrected chi connectivity index (χ4v) is 1.18. The van der Waals surface area contributed by atoms with E-state index in [2.05, 4.69) is 27.8 Å². The molecule has 0 radical (unpaired) electrons. The van der Waals surface area contributed by atoms with Crippen LogP contribution in [-0.2, 0) is 4.79 Å². The van der Waals surface area contributed by atoms with Crippen LogP contribution in [0.1, 0.15) is 0 Å². The van der Waals surface area contributed by atoms with Gasteiger partial charge in [-0.25, -0.2) is 0 Å². The van der Waals surface area contributed by atoms with Crippen LogP contribution in [0.3, 0.4) is 0 Å². The Kier molecular flexibility index (Phi) is 12.4. The van der Waals surface area contributed by atoms with Crippen molar-refractivity contribution in [2.45, 2.75) is 0 Å². The van der Waals surface area contributed by atoms with Crippen LogP contribution in [0.4, 0.5) is 0 Å². The maximum absolute atomic E-state index is 10.8. The Labute approximate surface area is 103 Å². The van der Waals surface area contributed by atoms with Crippen LogP contribution in [-0.4, -0.2) is 58.3 Å². The maximum Gasteiger partial charge on any atom is 0.243 e. The van der Waals surface area contributed by atoms with Crippen molar-refractivity contribution >= 4 is 5.91 Å². The van der Waals surface area contributed by atoms with Crippen LogP contribution in [0.15, 0.2) is 12.7 Å². The lowest BCUT2D eigenvalue weighted by molar-refractivity contribution is -0.116. The summed E-state index contributed by atoms with van der Waals surface area (Å²) in [5.74, 6) is -0.129. The Morgan fingerprint density at radius 2 is 1.41 bits per heavy atom. The summed E-state index contributed by atoms with van der Waals surface area (Å²) in [5.41, 5.74) is 5.34. The van der Waals surface area contributed by atoms with Gasteiger partial charge in [0.2, 0.25) is 5.91 Å². The zero-order valence-electron chi connectivity index (χ0n) is 10.4. The summed E-state index contributed by atoms with van der Waals surface area (Å²) in [7, 11) is 0. The maximum atomic E-state index is 10.8. The van der Waals surface area contributed by atoms with Crippen molar-refractivity contribution in [3.8, 4) is 0 Å². The third kappa shape index (κ3) is 13.0. The van der Waals surface area contributed by atoms with Gasteiger partial charge in [0, 0.05) is 52.4 Å². The van der Waals surface area contributed by atoms with Gasteiger partial charge in [0.1, 0.15) is 0 Å². The van der Waals surface area contributed by atoms with E-state index >= 15 is 0 Å². The quantitative estimate of drug-likeness (QED) is 0.202. The molecule has 0 aromatic rings. The van der Waals surface area contributed by atoms with Crippen LogP contribution in [0.5, 0.6) is 0 Å². The summed E-state index contributed by atoms with van der Waals surface area (Å²) in [6, 6.07) is 0. The zero-order chi connectivity index (χ0) is 12.8. The molecule has 6 nitrogen and oxygen atoms in total. The number of nitrogens with one attached hydrogen (secondary N) is 4. The topological polar surface area (TPSA) is 91.2 Å². The van der Waals surface area contributed by atoms with Crippen molar-refractivity contribution in [3.05, 3.63) is 12.7 Å². The van der Waals surface area contributed by atoms with Gasteiger partial charge in [-0.1, -0.05) is 6.58 Å². The van der Waals surface area contributed by atoms with Crippen molar-refractivity contribution < 1.29 is 4.79 Å². The minimum Gasteiger partial charge on any atom is -0.351 e. The minimum absolute atomic E-state index is 0.129. The summed E-state index contributed by atoms with van der Waals surface area (Å²) in [6.07, 6.45) is 1.27. The van der Waals surface area contributed by atoms with Crippen LogP contribution in [0.25, 0.3) is 0 Å². The highest BCUT2D eigenvalue weighted by Crippen LogP contribution is 1.66. The van der Waals surface area contributed by atoms with E-state index in [0.717, 1.165) is 39.3 Å². The largest absolute Gasteiger partial charge is 0.351 e. The van der Waals surface area contributed by atoms with Gasteiger partial charge >= 0.3 is 0 Å². The van der Waals surface area contributed by atoms with Gasteiger partial charge in [-0.15, -0.1) is 0 Å². The standard InChI is InChI=1S/C11H25N5O/c1-2-11(17)16-10-9-15-8-7-14-6-5-13-4-3-12/h2,13-15H,1,3-10,12H2,(H,16,17). The lowest BCUT2D eigenvalue weighted by Gasteiger charge is -2.07. The molecule has 0 saturated carbocycles. The highest BCUT2D eigenvalue weighted by Gasteiger charge is 1.92. The Balaban J connectivity index is 2.98. The van der Waals surface area contributed by atoms with Crippen LogP contribution < -0.4 is 27.0 Å². The summed E-state index contributed by atoms with van der Waals surface area (Å²) >= 11 is 0. The van der Waals surface area contributed by atoms with Gasteiger partial charge in [-0.2, -0.15) is 0 Å². The fraction of sp³-hybridized carbons (Fsp3) is 0.727. The molecule has 0 aliphatic rings. The molecule has 0 spiro atoms. The average molecular weight is 243 g/mol. The minimum atomic E-state index is -0.129. The van der Waals surface area contributed by atoms with Gasteiger partial charge in [0.05, 0.1) is 0 Å². The van der Waals surface area contributed by atoms with Gasteiger partial charge in [-0.3, -0.25) is 4.79 Å². The lowest BCUT2D eigenvalue weighted by Crippen LogP contribution is -2.36. The summed E-state index contributed by atoms with van der Waals surface area (Å²) in [6.45, 7) is 10.00. The number of hydrogen-bond donors (Lipinski definition) is 5. The number of carbonyl (C=O) groups is 1. The normalized spacial score (nSPS) is 10.2. The molecule has 17 heavy (non-hydrogen) atoms. The zero-order valence-corrected chi connectivity index (χ0v) is 10.4. The van der Waals surface area contributed by atoms with Crippen molar-refractivity contribution in [3.63, 3.8) is 0 Å². The molecular formula is C11H25N5O. The predicted octanol–water partition coefficient (Wildman–Crippen LogP) is -1.98. The first-order chi connectivity index (χ1) is 8.31. The molecule has 6 heteroatoms. The SMILES string of the molecule is C=CC(=O)NCCNCCNCCNCCN. The average Bonchev–Trinajstić information content (AvgIpc) is 2.35. The van der Waals surface area contributed by atoms with Gasteiger partial charge in [0.15, 0.2) is 0 Å². The van der Waals surface area contributed by atoms with Gasteiger partial charge in [0.25, 0.3) is 0 Å². The lowest BCUT2D eigenvalue weighted by atomic mass is 10.5.